The molecule has 140 valence electrons. The lowest BCUT2D eigenvalue weighted by Crippen LogP contribution is -2.61. The molecular formula is C16H21N5O4S. The maximum atomic E-state index is 12.8. The van der Waals surface area contributed by atoms with Crippen LogP contribution in [0.2, 0.25) is 0 Å². The number of aliphatic hydroxyl groups is 1. The molecule has 0 aliphatic carbocycles. The van der Waals surface area contributed by atoms with Gasteiger partial charge in [-0.2, -0.15) is 0 Å². The van der Waals surface area contributed by atoms with Crippen LogP contribution in [0.4, 0.5) is 0 Å². The van der Waals surface area contributed by atoms with Crippen molar-refractivity contribution in [1.29, 1.82) is 0 Å². The third kappa shape index (κ3) is 2.97. The molecule has 0 radical (unpaired) electrons. The van der Waals surface area contributed by atoms with E-state index in [1.54, 1.807) is 34.0 Å². The van der Waals surface area contributed by atoms with Gasteiger partial charge in [-0.05, 0) is 18.9 Å². The summed E-state index contributed by atoms with van der Waals surface area (Å²) in [7, 11) is -3.32. The second-order valence-corrected chi connectivity index (χ2v) is 9.11. The van der Waals surface area contributed by atoms with Crippen LogP contribution in [0.15, 0.2) is 24.7 Å². The van der Waals surface area contributed by atoms with Gasteiger partial charge in [-0.15, -0.1) is 0 Å². The molecule has 9 nitrogen and oxygen atoms in total. The highest BCUT2D eigenvalue weighted by molar-refractivity contribution is 7.88. The van der Waals surface area contributed by atoms with Crippen molar-refractivity contribution in [2.75, 3.05) is 32.4 Å². The van der Waals surface area contributed by atoms with Crippen LogP contribution in [-0.4, -0.2) is 81.0 Å². The number of sulfonamides is 1. The summed E-state index contributed by atoms with van der Waals surface area (Å²) in [4.78, 5) is 22.8. The van der Waals surface area contributed by atoms with Gasteiger partial charge in [0.25, 0.3) is 5.91 Å². The van der Waals surface area contributed by atoms with Crippen LogP contribution in [0.3, 0.4) is 0 Å². The summed E-state index contributed by atoms with van der Waals surface area (Å²) in [6.07, 6.45) is 7.02. The van der Waals surface area contributed by atoms with E-state index in [0.29, 0.717) is 43.9 Å². The molecule has 2 fully saturated rings. The van der Waals surface area contributed by atoms with Crippen LogP contribution in [0.25, 0.3) is 5.78 Å². The number of hydrogen-bond donors (Lipinski definition) is 1. The van der Waals surface area contributed by atoms with Gasteiger partial charge in [0, 0.05) is 50.7 Å². The number of nitrogens with zero attached hydrogens (tertiary/aromatic N) is 5. The zero-order chi connectivity index (χ0) is 18.5. The molecule has 2 aliphatic heterocycles. The molecule has 2 saturated heterocycles. The second kappa shape index (κ2) is 6.00. The lowest BCUT2D eigenvalue weighted by molar-refractivity contribution is -0.0946. The minimum absolute atomic E-state index is 0.228. The number of fused-ring (bicyclic) bond motifs is 2. The first-order chi connectivity index (χ1) is 12.3. The highest BCUT2D eigenvalue weighted by Gasteiger charge is 2.47. The van der Waals surface area contributed by atoms with Gasteiger partial charge in [-0.25, -0.2) is 22.7 Å². The van der Waals surface area contributed by atoms with E-state index >= 15 is 0 Å². The Labute approximate surface area is 151 Å². The average Bonchev–Trinajstić information content (AvgIpc) is 3.03. The summed E-state index contributed by atoms with van der Waals surface area (Å²) < 4.78 is 26.8. The normalized spacial score (nSPS) is 27.5. The largest absolute Gasteiger partial charge is 0.389 e. The van der Waals surface area contributed by atoms with E-state index in [9.17, 15) is 18.3 Å². The predicted molar refractivity (Wildman–Crippen MR) is 93.0 cm³/mol. The zero-order valence-electron chi connectivity index (χ0n) is 14.4. The standard InChI is InChI=1S/C16H21N5O4S/c1-26(24,25)21-8-4-16(23)3-7-19(9-12(16)10-21)14(22)13-11-20-6-2-5-17-15(20)18-13/h2,5-6,11-12,23H,3-4,7-10H2,1H3/t12-,16-/m1/s1. The Kier molecular flexibility index (Phi) is 4.01. The third-order valence-corrected chi connectivity index (χ3v) is 6.71. The van der Waals surface area contributed by atoms with E-state index in [1.165, 1.54) is 10.6 Å². The second-order valence-electron chi connectivity index (χ2n) is 7.13. The molecule has 2 atom stereocenters. The van der Waals surface area contributed by atoms with Crippen LogP contribution < -0.4 is 0 Å². The minimum Gasteiger partial charge on any atom is -0.389 e. The number of carbonyl (C=O) groups excluding carboxylic acids is 1. The summed E-state index contributed by atoms with van der Waals surface area (Å²) >= 11 is 0. The van der Waals surface area contributed by atoms with Crippen LogP contribution in [0.5, 0.6) is 0 Å². The molecule has 0 unspecified atom stereocenters. The van der Waals surface area contributed by atoms with Crippen molar-refractivity contribution < 1.29 is 18.3 Å². The summed E-state index contributed by atoms with van der Waals surface area (Å²) in [5, 5.41) is 10.9. The van der Waals surface area contributed by atoms with Gasteiger partial charge in [0.1, 0.15) is 5.69 Å². The van der Waals surface area contributed by atoms with Crippen molar-refractivity contribution in [2.24, 2.45) is 5.92 Å². The Bertz CT molecular complexity index is 925. The number of likely N-dealkylation sites (tertiary alicyclic amines) is 1. The van der Waals surface area contributed by atoms with Gasteiger partial charge in [-0.3, -0.25) is 9.20 Å². The fourth-order valence-electron chi connectivity index (χ4n) is 3.85. The van der Waals surface area contributed by atoms with Crippen LogP contribution in [-0.2, 0) is 10.0 Å². The molecule has 0 aromatic carbocycles. The number of rotatable bonds is 2. The van der Waals surface area contributed by atoms with Gasteiger partial charge >= 0.3 is 0 Å². The van der Waals surface area contributed by atoms with E-state index in [2.05, 4.69) is 9.97 Å². The number of carbonyl (C=O) groups is 1. The molecule has 2 aliphatic rings. The van der Waals surface area contributed by atoms with Gasteiger partial charge in [0.05, 0.1) is 11.9 Å². The monoisotopic (exact) mass is 379 g/mol. The Morgan fingerprint density at radius 3 is 2.81 bits per heavy atom. The number of hydrogen-bond acceptors (Lipinski definition) is 6. The van der Waals surface area contributed by atoms with Crippen molar-refractivity contribution in [3.63, 3.8) is 0 Å². The molecule has 0 bridgehead atoms. The van der Waals surface area contributed by atoms with Crippen molar-refractivity contribution >= 4 is 21.7 Å². The van der Waals surface area contributed by atoms with Gasteiger partial charge in [-0.1, -0.05) is 0 Å². The van der Waals surface area contributed by atoms with Crippen LogP contribution in [0.1, 0.15) is 23.3 Å². The first-order valence-electron chi connectivity index (χ1n) is 8.53. The van der Waals surface area contributed by atoms with E-state index in [1.807, 2.05) is 0 Å². The fraction of sp³-hybridized carbons (Fsp3) is 0.562. The van der Waals surface area contributed by atoms with Crippen molar-refractivity contribution in [1.82, 2.24) is 23.6 Å². The van der Waals surface area contributed by atoms with E-state index < -0.39 is 15.6 Å². The molecule has 2 aromatic rings. The van der Waals surface area contributed by atoms with Crippen molar-refractivity contribution in [2.45, 2.75) is 18.4 Å². The maximum Gasteiger partial charge on any atom is 0.274 e. The van der Waals surface area contributed by atoms with Gasteiger partial charge in [0.2, 0.25) is 15.8 Å². The molecule has 0 spiro atoms. The molecular weight excluding hydrogens is 358 g/mol. The topological polar surface area (TPSA) is 108 Å². The Morgan fingerprint density at radius 1 is 1.31 bits per heavy atom. The SMILES string of the molecule is CS(=O)(=O)N1CC[C@]2(O)CCN(C(=O)c3cn4cccnc4n3)C[C@@H]2C1. The highest BCUT2D eigenvalue weighted by Crippen LogP contribution is 2.36. The third-order valence-electron chi connectivity index (χ3n) is 5.44. The van der Waals surface area contributed by atoms with E-state index in [4.69, 9.17) is 0 Å². The highest BCUT2D eigenvalue weighted by atomic mass is 32.2. The average molecular weight is 379 g/mol. The molecule has 1 amide bonds. The quantitative estimate of drug-likeness (QED) is 0.760. The lowest BCUT2D eigenvalue weighted by Gasteiger charge is -2.49. The van der Waals surface area contributed by atoms with E-state index in [0.717, 1.165) is 0 Å². The molecule has 2 aromatic heterocycles. The number of imidazole rings is 1. The fourth-order valence-corrected chi connectivity index (χ4v) is 4.73. The predicted octanol–water partition coefficient (Wildman–Crippen LogP) is -0.412. The Balaban J connectivity index is 1.54. The van der Waals surface area contributed by atoms with Gasteiger partial charge in [0.15, 0.2) is 0 Å². The van der Waals surface area contributed by atoms with Gasteiger partial charge < -0.3 is 10.0 Å². The Morgan fingerprint density at radius 2 is 2.08 bits per heavy atom. The maximum absolute atomic E-state index is 12.8. The first-order valence-corrected chi connectivity index (χ1v) is 10.4. The number of piperidine rings is 2. The molecule has 0 saturated carbocycles. The van der Waals surface area contributed by atoms with Crippen molar-refractivity contribution in [3.8, 4) is 0 Å². The lowest BCUT2D eigenvalue weighted by atomic mass is 9.76. The van der Waals surface area contributed by atoms with Crippen LogP contribution >= 0.6 is 0 Å². The zero-order valence-corrected chi connectivity index (χ0v) is 15.3. The summed E-state index contributed by atoms with van der Waals surface area (Å²) in [6.45, 7) is 1.28. The summed E-state index contributed by atoms with van der Waals surface area (Å²) in [5.74, 6) is -0.0851. The summed E-state index contributed by atoms with van der Waals surface area (Å²) in [5.41, 5.74) is -0.622. The smallest absolute Gasteiger partial charge is 0.274 e. The van der Waals surface area contributed by atoms with Crippen molar-refractivity contribution in [3.05, 3.63) is 30.4 Å². The number of aromatic nitrogens is 3. The first kappa shape index (κ1) is 17.4. The Hall–Kier alpha value is -2.04. The summed E-state index contributed by atoms with van der Waals surface area (Å²) in [6, 6.07) is 1.76. The molecule has 4 rings (SSSR count). The molecule has 10 heteroatoms. The van der Waals surface area contributed by atoms with E-state index in [-0.39, 0.29) is 18.4 Å². The minimum atomic E-state index is -3.32. The number of amides is 1. The molecule has 26 heavy (non-hydrogen) atoms. The molecule has 1 N–H and O–H groups in total. The van der Waals surface area contributed by atoms with Crippen LogP contribution in [0, 0.1) is 5.92 Å². The molecule has 4 heterocycles.